The second kappa shape index (κ2) is 7.00. The van der Waals surface area contributed by atoms with Crippen LogP contribution in [0.15, 0.2) is 30.5 Å². The highest BCUT2D eigenvalue weighted by molar-refractivity contribution is 6.30. The van der Waals surface area contributed by atoms with E-state index in [9.17, 15) is 4.79 Å². The minimum Gasteiger partial charge on any atom is -0.390 e. The molecule has 2 aromatic rings. The first-order valence-electron chi connectivity index (χ1n) is 9.18. The zero-order valence-corrected chi connectivity index (χ0v) is 15.4. The molecule has 0 bridgehead atoms. The molecular weight excluding hydrogens is 352 g/mol. The number of nitrogens with zero attached hydrogens (tertiary/aromatic N) is 3. The average Bonchev–Trinajstić information content (AvgIpc) is 3.04. The van der Waals surface area contributed by atoms with Crippen LogP contribution in [0.4, 0.5) is 0 Å². The Morgan fingerprint density at radius 2 is 2.04 bits per heavy atom. The Hall–Kier alpha value is -1.92. The first kappa shape index (κ1) is 17.5. The summed E-state index contributed by atoms with van der Waals surface area (Å²) in [7, 11) is 0. The molecule has 4 rings (SSSR count). The summed E-state index contributed by atoms with van der Waals surface area (Å²) >= 11 is 5.89. The topological polar surface area (TPSA) is 80.0 Å². The van der Waals surface area contributed by atoms with E-state index in [1.54, 1.807) is 24.3 Å². The summed E-state index contributed by atoms with van der Waals surface area (Å²) in [6.07, 6.45) is 4.90. The van der Waals surface area contributed by atoms with Crippen LogP contribution in [-0.2, 0) is 6.61 Å². The van der Waals surface area contributed by atoms with E-state index < -0.39 is 0 Å². The second-order valence-corrected chi connectivity index (χ2v) is 7.81. The van der Waals surface area contributed by atoms with Crippen molar-refractivity contribution in [3.05, 3.63) is 46.7 Å². The van der Waals surface area contributed by atoms with Crippen molar-refractivity contribution in [3.63, 3.8) is 0 Å². The molecule has 3 unspecified atom stereocenters. The molecule has 0 aliphatic heterocycles. The Morgan fingerprint density at radius 1 is 1.35 bits per heavy atom. The molecule has 0 radical (unpaired) electrons. The van der Waals surface area contributed by atoms with Crippen LogP contribution in [-0.4, -0.2) is 32.0 Å². The molecule has 1 aromatic carbocycles. The number of carbonyl (C=O) groups excluding carboxylic acids is 1. The van der Waals surface area contributed by atoms with Crippen molar-refractivity contribution in [1.29, 1.82) is 0 Å². The van der Waals surface area contributed by atoms with Gasteiger partial charge in [-0.05, 0) is 61.3 Å². The average molecular weight is 375 g/mol. The van der Waals surface area contributed by atoms with Crippen LogP contribution in [0, 0.1) is 17.8 Å². The maximum atomic E-state index is 12.5. The van der Waals surface area contributed by atoms with Crippen LogP contribution < -0.4 is 5.32 Å². The normalized spacial score (nSPS) is 27.8. The summed E-state index contributed by atoms with van der Waals surface area (Å²) in [6.45, 7) is 2.06. The first-order valence-corrected chi connectivity index (χ1v) is 9.56. The third kappa shape index (κ3) is 3.23. The Morgan fingerprint density at radius 3 is 2.62 bits per heavy atom. The van der Waals surface area contributed by atoms with E-state index in [2.05, 4.69) is 22.6 Å². The summed E-state index contributed by atoms with van der Waals surface area (Å²) in [5.74, 6) is 1.79. The monoisotopic (exact) mass is 374 g/mol. The number of benzene rings is 1. The Bertz CT molecular complexity index is 779. The van der Waals surface area contributed by atoms with Crippen molar-refractivity contribution >= 4 is 17.5 Å². The van der Waals surface area contributed by atoms with Crippen LogP contribution in [0.1, 0.15) is 48.3 Å². The molecule has 138 valence electrons. The molecule has 2 saturated carbocycles. The molecule has 2 aliphatic carbocycles. The van der Waals surface area contributed by atoms with Crippen molar-refractivity contribution < 1.29 is 9.90 Å². The minimum absolute atomic E-state index is 0.0288. The summed E-state index contributed by atoms with van der Waals surface area (Å²) < 4.78 is 1.89. The van der Waals surface area contributed by atoms with Crippen molar-refractivity contribution in [2.75, 3.05) is 0 Å². The van der Waals surface area contributed by atoms with Gasteiger partial charge in [0.15, 0.2) is 0 Å². The molecule has 1 aromatic heterocycles. The summed E-state index contributed by atoms with van der Waals surface area (Å²) in [4.78, 5) is 12.5. The Labute approximate surface area is 157 Å². The number of aromatic nitrogens is 3. The third-order valence-corrected chi connectivity index (χ3v) is 6.16. The second-order valence-electron chi connectivity index (χ2n) is 7.37. The van der Waals surface area contributed by atoms with Gasteiger partial charge in [-0.15, -0.1) is 5.10 Å². The van der Waals surface area contributed by atoms with Gasteiger partial charge in [0.05, 0.1) is 18.8 Å². The molecule has 2 fully saturated rings. The van der Waals surface area contributed by atoms with Crippen LogP contribution >= 0.6 is 11.6 Å². The molecule has 7 heteroatoms. The van der Waals surface area contributed by atoms with Crippen molar-refractivity contribution in [2.45, 2.75) is 44.9 Å². The highest BCUT2D eigenvalue weighted by atomic mass is 35.5. The zero-order chi connectivity index (χ0) is 18.3. The highest BCUT2D eigenvalue weighted by Gasteiger charge is 2.59. The molecule has 2 aliphatic rings. The lowest BCUT2D eigenvalue weighted by molar-refractivity contribution is 0.0926. The number of carbonyl (C=O) groups is 1. The molecule has 0 saturated heterocycles. The number of amides is 1. The van der Waals surface area contributed by atoms with Gasteiger partial charge in [-0.25, -0.2) is 4.68 Å². The highest BCUT2D eigenvalue weighted by Crippen LogP contribution is 2.62. The number of hydrogen-bond donors (Lipinski definition) is 2. The summed E-state index contributed by atoms with van der Waals surface area (Å²) in [6, 6.07) is 7.57. The van der Waals surface area contributed by atoms with E-state index >= 15 is 0 Å². The first-order chi connectivity index (χ1) is 12.6. The van der Waals surface area contributed by atoms with Crippen molar-refractivity contribution in [3.8, 4) is 0 Å². The van der Waals surface area contributed by atoms with Gasteiger partial charge in [-0.1, -0.05) is 23.7 Å². The van der Waals surface area contributed by atoms with Crippen LogP contribution in [0.25, 0.3) is 0 Å². The summed E-state index contributed by atoms with van der Waals surface area (Å²) in [5, 5.41) is 21.1. The number of halogens is 1. The van der Waals surface area contributed by atoms with Gasteiger partial charge in [0.25, 0.3) is 5.91 Å². The van der Waals surface area contributed by atoms with Gasteiger partial charge >= 0.3 is 0 Å². The number of fused-ring (bicyclic) bond motifs is 1. The zero-order valence-electron chi connectivity index (χ0n) is 14.7. The molecule has 5 atom stereocenters. The number of aliphatic hydroxyl groups excluding tert-OH is 1. The van der Waals surface area contributed by atoms with E-state index in [1.807, 2.05) is 10.9 Å². The Kier molecular flexibility index (Phi) is 4.71. The molecule has 0 spiro atoms. The maximum Gasteiger partial charge on any atom is 0.251 e. The largest absolute Gasteiger partial charge is 0.390 e. The van der Waals surface area contributed by atoms with Gasteiger partial charge in [-0.2, -0.15) is 0 Å². The van der Waals surface area contributed by atoms with E-state index in [0.717, 1.165) is 19.3 Å². The van der Waals surface area contributed by atoms with Crippen LogP contribution in [0.3, 0.4) is 0 Å². The predicted octanol–water partition coefficient (Wildman–Crippen LogP) is 2.83. The lowest BCUT2D eigenvalue weighted by Crippen LogP contribution is -2.37. The minimum atomic E-state index is -0.0726. The number of rotatable bonds is 6. The SMILES string of the molecule is CCC(NC(=O)c1ccc(Cl)cc1)C1[C@H]2CC(n3cc(CO)nn3)C[C@@H]12. The van der Waals surface area contributed by atoms with Gasteiger partial charge in [0.2, 0.25) is 0 Å². The third-order valence-electron chi connectivity index (χ3n) is 5.91. The quantitative estimate of drug-likeness (QED) is 0.814. The molecular formula is C19H23ClN4O2. The van der Waals surface area contributed by atoms with E-state index in [0.29, 0.717) is 40.1 Å². The molecule has 2 N–H and O–H groups in total. The van der Waals surface area contributed by atoms with E-state index in [4.69, 9.17) is 16.7 Å². The number of hydrogen-bond acceptors (Lipinski definition) is 4. The van der Waals surface area contributed by atoms with Crippen LogP contribution in [0.2, 0.25) is 5.02 Å². The fourth-order valence-corrected chi connectivity index (χ4v) is 4.69. The van der Waals surface area contributed by atoms with Gasteiger partial charge in [0.1, 0.15) is 5.69 Å². The lowest BCUT2D eigenvalue weighted by atomic mass is 9.99. The van der Waals surface area contributed by atoms with Crippen molar-refractivity contribution in [2.24, 2.45) is 17.8 Å². The number of aliphatic hydroxyl groups is 1. The molecule has 26 heavy (non-hydrogen) atoms. The molecule has 1 heterocycles. The van der Waals surface area contributed by atoms with Gasteiger partial charge in [0, 0.05) is 16.6 Å². The molecule has 6 nitrogen and oxygen atoms in total. The van der Waals surface area contributed by atoms with E-state index in [-0.39, 0.29) is 18.6 Å². The van der Waals surface area contributed by atoms with Crippen molar-refractivity contribution in [1.82, 2.24) is 20.3 Å². The summed E-state index contributed by atoms with van der Waals surface area (Å²) in [5.41, 5.74) is 1.26. The van der Waals surface area contributed by atoms with Gasteiger partial charge < -0.3 is 10.4 Å². The maximum absolute atomic E-state index is 12.5. The molecule has 1 amide bonds. The van der Waals surface area contributed by atoms with Crippen LogP contribution in [0.5, 0.6) is 0 Å². The standard InChI is InChI=1S/C19H23ClN4O2/c1-2-17(21-19(26)11-3-5-12(20)6-4-11)18-15-7-14(8-16(15)18)24-9-13(10-25)22-23-24/h3-6,9,14-18,25H,2,7-8,10H2,1H3,(H,21,26)/t14?,15-,16+,17?,18?. The Balaban J connectivity index is 1.35. The van der Waals surface area contributed by atoms with Gasteiger partial charge in [-0.3, -0.25) is 4.79 Å². The fraction of sp³-hybridized carbons (Fsp3) is 0.526. The fourth-order valence-electron chi connectivity index (χ4n) is 4.56. The number of nitrogens with one attached hydrogen (secondary N) is 1. The smallest absolute Gasteiger partial charge is 0.251 e. The predicted molar refractivity (Wildman–Crippen MR) is 97.7 cm³/mol. The lowest BCUT2D eigenvalue weighted by Gasteiger charge is -2.21. The van der Waals surface area contributed by atoms with E-state index in [1.165, 1.54) is 0 Å².